The molecule has 3 aromatic rings. The summed E-state index contributed by atoms with van der Waals surface area (Å²) in [6, 6.07) is 13.3. The summed E-state index contributed by atoms with van der Waals surface area (Å²) in [7, 11) is 0. The first-order chi connectivity index (χ1) is 12.2. The van der Waals surface area contributed by atoms with Gasteiger partial charge in [-0.15, -0.1) is 0 Å². The molecule has 1 N–H and O–H groups in total. The fourth-order valence-electron chi connectivity index (χ4n) is 2.45. The van der Waals surface area contributed by atoms with E-state index in [9.17, 15) is 4.79 Å². The number of fused-ring (bicyclic) bond motifs is 1. The number of carbonyl (C=O) groups excluding carboxylic acids is 1. The summed E-state index contributed by atoms with van der Waals surface area (Å²) in [6.45, 7) is 4.58. The number of nitrogens with zero attached hydrogens (tertiary/aromatic N) is 1. The second kappa shape index (κ2) is 7.98. The van der Waals surface area contributed by atoms with Gasteiger partial charge in [-0.25, -0.2) is 4.98 Å². The maximum absolute atomic E-state index is 12.1. The molecule has 1 amide bonds. The van der Waals surface area contributed by atoms with Gasteiger partial charge >= 0.3 is 0 Å². The van der Waals surface area contributed by atoms with Crippen LogP contribution >= 0.6 is 11.3 Å². The monoisotopic (exact) mass is 356 g/mol. The van der Waals surface area contributed by atoms with Crippen molar-refractivity contribution >= 4 is 32.6 Å². The maximum atomic E-state index is 12.1. The number of rotatable bonds is 7. The Labute approximate surface area is 150 Å². The number of thiazole rings is 1. The molecule has 0 saturated heterocycles. The van der Waals surface area contributed by atoms with Gasteiger partial charge in [-0.1, -0.05) is 30.4 Å². The highest BCUT2D eigenvalue weighted by atomic mass is 32.1. The number of ether oxygens (including phenoxy) is 2. The molecule has 1 heterocycles. The van der Waals surface area contributed by atoms with Crippen molar-refractivity contribution < 1.29 is 14.3 Å². The number of aromatic nitrogens is 1. The molecule has 3 rings (SSSR count). The smallest absolute Gasteiger partial charge is 0.264 e. The average molecular weight is 356 g/mol. The maximum Gasteiger partial charge on any atom is 0.264 e. The van der Waals surface area contributed by atoms with E-state index in [2.05, 4.69) is 23.3 Å². The molecule has 0 aliphatic rings. The van der Waals surface area contributed by atoms with Crippen LogP contribution in [0.1, 0.15) is 19.4 Å². The number of amides is 1. The highest BCUT2D eigenvalue weighted by Gasteiger charge is 2.10. The van der Waals surface area contributed by atoms with Gasteiger partial charge in [0, 0.05) is 0 Å². The van der Waals surface area contributed by atoms with Crippen LogP contribution in [0.25, 0.3) is 10.2 Å². The lowest BCUT2D eigenvalue weighted by molar-refractivity contribution is -0.118. The summed E-state index contributed by atoms with van der Waals surface area (Å²) in [5.41, 5.74) is 2.14. The average Bonchev–Trinajstić information content (AvgIpc) is 3.03. The first-order valence-electron chi connectivity index (χ1n) is 8.23. The van der Waals surface area contributed by atoms with E-state index in [-0.39, 0.29) is 12.5 Å². The van der Waals surface area contributed by atoms with E-state index in [0.29, 0.717) is 17.5 Å². The van der Waals surface area contributed by atoms with Crippen molar-refractivity contribution in [1.29, 1.82) is 0 Å². The second-order valence-electron chi connectivity index (χ2n) is 5.38. The van der Waals surface area contributed by atoms with Crippen LogP contribution in [0.2, 0.25) is 0 Å². The highest BCUT2D eigenvalue weighted by Crippen LogP contribution is 2.28. The third-order valence-corrected chi connectivity index (χ3v) is 4.57. The SMILES string of the molecule is CCOc1ccc(OCC(=O)Nc2nc3c(CC)cccc3s2)cc1. The van der Waals surface area contributed by atoms with Gasteiger partial charge < -0.3 is 9.47 Å². The minimum absolute atomic E-state index is 0.0649. The van der Waals surface area contributed by atoms with E-state index in [1.807, 2.05) is 31.2 Å². The van der Waals surface area contributed by atoms with Gasteiger partial charge in [0.15, 0.2) is 11.7 Å². The molecule has 0 aliphatic carbocycles. The molecule has 25 heavy (non-hydrogen) atoms. The first kappa shape index (κ1) is 17.2. The fourth-order valence-corrected chi connectivity index (χ4v) is 3.38. The zero-order valence-corrected chi connectivity index (χ0v) is 15.1. The van der Waals surface area contributed by atoms with Crippen LogP contribution < -0.4 is 14.8 Å². The summed E-state index contributed by atoms with van der Waals surface area (Å²) < 4.78 is 11.9. The number of para-hydroxylation sites is 1. The van der Waals surface area contributed by atoms with Gasteiger partial charge in [0.05, 0.1) is 16.8 Å². The Hall–Kier alpha value is -2.60. The summed E-state index contributed by atoms with van der Waals surface area (Å²) in [5.74, 6) is 1.17. The summed E-state index contributed by atoms with van der Waals surface area (Å²) >= 11 is 1.47. The lowest BCUT2D eigenvalue weighted by Gasteiger charge is -2.07. The van der Waals surface area contributed by atoms with E-state index >= 15 is 0 Å². The second-order valence-corrected chi connectivity index (χ2v) is 6.41. The van der Waals surface area contributed by atoms with E-state index in [1.165, 1.54) is 16.9 Å². The molecule has 5 nitrogen and oxygen atoms in total. The Kier molecular flexibility index (Phi) is 5.50. The lowest BCUT2D eigenvalue weighted by Crippen LogP contribution is -2.20. The van der Waals surface area contributed by atoms with Crippen LogP contribution in [0.4, 0.5) is 5.13 Å². The Morgan fingerprint density at radius 1 is 1.08 bits per heavy atom. The molecule has 6 heteroatoms. The number of hydrogen-bond acceptors (Lipinski definition) is 5. The van der Waals surface area contributed by atoms with Crippen LogP contribution in [0.15, 0.2) is 42.5 Å². The number of hydrogen-bond donors (Lipinski definition) is 1. The van der Waals surface area contributed by atoms with Crippen molar-refractivity contribution in [1.82, 2.24) is 4.98 Å². The van der Waals surface area contributed by atoms with E-state index < -0.39 is 0 Å². The number of benzene rings is 2. The molecule has 0 aliphatic heterocycles. The molecule has 0 radical (unpaired) electrons. The highest BCUT2D eigenvalue weighted by molar-refractivity contribution is 7.22. The predicted molar refractivity (Wildman–Crippen MR) is 101 cm³/mol. The Morgan fingerprint density at radius 3 is 2.48 bits per heavy atom. The zero-order valence-electron chi connectivity index (χ0n) is 14.2. The molecule has 130 valence electrons. The minimum atomic E-state index is -0.231. The Bertz CT molecular complexity index is 859. The molecule has 2 aromatic carbocycles. The minimum Gasteiger partial charge on any atom is -0.494 e. The number of anilines is 1. The van der Waals surface area contributed by atoms with Gasteiger partial charge in [-0.05, 0) is 49.2 Å². The largest absolute Gasteiger partial charge is 0.494 e. The van der Waals surface area contributed by atoms with E-state index in [0.717, 1.165) is 22.4 Å². The molecule has 0 bridgehead atoms. The molecule has 0 unspecified atom stereocenters. The van der Waals surface area contributed by atoms with Crippen molar-refractivity contribution in [2.24, 2.45) is 0 Å². The van der Waals surface area contributed by atoms with Gasteiger partial charge in [-0.2, -0.15) is 0 Å². The molecule has 1 aromatic heterocycles. The summed E-state index contributed by atoms with van der Waals surface area (Å²) in [4.78, 5) is 16.6. The summed E-state index contributed by atoms with van der Waals surface area (Å²) in [6.07, 6.45) is 0.912. The molecule has 0 saturated carbocycles. The van der Waals surface area contributed by atoms with Crippen molar-refractivity contribution in [3.05, 3.63) is 48.0 Å². The van der Waals surface area contributed by atoms with Gasteiger partial charge in [-0.3, -0.25) is 10.1 Å². The molecule has 0 spiro atoms. The predicted octanol–water partition coefficient (Wildman–Crippen LogP) is 4.27. The van der Waals surface area contributed by atoms with Crippen LogP contribution in [0.5, 0.6) is 11.5 Å². The molecule has 0 atom stereocenters. The van der Waals surface area contributed by atoms with Crippen LogP contribution in [-0.4, -0.2) is 24.1 Å². The third-order valence-electron chi connectivity index (χ3n) is 3.63. The van der Waals surface area contributed by atoms with E-state index in [1.54, 1.807) is 12.1 Å². The topological polar surface area (TPSA) is 60.5 Å². The fraction of sp³-hybridized carbons (Fsp3) is 0.263. The number of aryl methyl sites for hydroxylation is 1. The standard InChI is InChI=1S/C19H20N2O3S/c1-3-13-6-5-7-16-18(13)21-19(25-16)20-17(22)12-24-15-10-8-14(9-11-15)23-4-2/h5-11H,3-4,12H2,1-2H3,(H,20,21,22). The quantitative estimate of drug-likeness (QED) is 0.686. The van der Waals surface area contributed by atoms with Crippen LogP contribution in [0, 0.1) is 0 Å². The summed E-state index contributed by atoms with van der Waals surface area (Å²) in [5, 5.41) is 3.40. The molecular formula is C19H20N2O3S. The van der Waals surface area contributed by atoms with Gasteiger partial charge in [0.25, 0.3) is 5.91 Å². The Balaban J connectivity index is 1.59. The van der Waals surface area contributed by atoms with Crippen molar-refractivity contribution in [3.8, 4) is 11.5 Å². The normalized spacial score (nSPS) is 10.6. The lowest BCUT2D eigenvalue weighted by atomic mass is 10.1. The first-order valence-corrected chi connectivity index (χ1v) is 9.05. The number of carbonyl (C=O) groups is 1. The van der Waals surface area contributed by atoms with Crippen molar-refractivity contribution in [2.75, 3.05) is 18.5 Å². The number of nitrogens with one attached hydrogen (secondary N) is 1. The van der Waals surface area contributed by atoms with Crippen molar-refractivity contribution in [3.63, 3.8) is 0 Å². The third kappa shape index (κ3) is 4.28. The molecular weight excluding hydrogens is 336 g/mol. The van der Waals surface area contributed by atoms with Gasteiger partial charge in [0.1, 0.15) is 11.5 Å². The molecule has 0 fully saturated rings. The zero-order chi connectivity index (χ0) is 17.6. The van der Waals surface area contributed by atoms with Crippen LogP contribution in [-0.2, 0) is 11.2 Å². The van der Waals surface area contributed by atoms with Gasteiger partial charge in [0.2, 0.25) is 0 Å². The van der Waals surface area contributed by atoms with Crippen LogP contribution in [0.3, 0.4) is 0 Å². The van der Waals surface area contributed by atoms with Crippen molar-refractivity contribution in [2.45, 2.75) is 20.3 Å². The Morgan fingerprint density at radius 2 is 1.80 bits per heavy atom. The van der Waals surface area contributed by atoms with E-state index in [4.69, 9.17) is 9.47 Å².